The third kappa shape index (κ3) is 3.32. The van der Waals surface area contributed by atoms with E-state index in [-0.39, 0.29) is 23.9 Å². The topological polar surface area (TPSA) is 64.0 Å². The van der Waals surface area contributed by atoms with Crippen LogP contribution in [0.25, 0.3) is 0 Å². The number of nitrogens with one attached hydrogen (secondary N) is 1. The number of aryl methyl sites for hydroxylation is 3. The fourth-order valence-electron chi connectivity index (χ4n) is 2.66. The van der Waals surface area contributed by atoms with Gasteiger partial charge in [-0.1, -0.05) is 17.8 Å². The van der Waals surface area contributed by atoms with Gasteiger partial charge in [-0.15, -0.1) is 0 Å². The molecular weight excluding hydrogens is 310 g/mol. The summed E-state index contributed by atoms with van der Waals surface area (Å²) in [5.41, 5.74) is 3.76. The minimum Gasteiger partial charge on any atom is -0.326 e. The molecule has 0 saturated heterocycles. The monoisotopic (exact) mass is 329 g/mol. The van der Waals surface area contributed by atoms with Crippen LogP contribution in [-0.2, 0) is 4.79 Å². The minimum absolute atomic E-state index is 0.0820. The van der Waals surface area contributed by atoms with Gasteiger partial charge >= 0.3 is 0 Å². The van der Waals surface area contributed by atoms with Crippen molar-refractivity contribution in [3.8, 4) is 0 Å². The van der Waals surface area contributed by atoms with E-state index in [1.54, 1.807) is 4.57 Å². The number of aromatic nitrogens is 2. The molecule has 120 valence electrons. The van der Waals surface area contributed by atoms with Crippen molar-refractivity contribution in [2.75, 3.05) is 11.1 Å². The maximum atomic E-state index is 12.3. The summed E-state index contributed by atoms with van der Waals surface area (Å²) in [5, 5.41) is 3.62. The third-order valence-electron chi connectivity index (χ3n) is 4.03. The molecule has 0 aliphatic carbocycles. The molecule has 23 heavy (non-hydrogen) atoms. The Morgan fingerprint density at radius 1 is 1.30 bits per heavy atom. The maximum absolute atomic E-state index is 12.3. The first kappa shape index (κ1) is 15.8. The molecule has 1 unspecified atom stereocenters. The second-order valence-electron chi connectivity index (χ2n) is 5.90. The Balaban J connectivity index is 1.73. The summed E-state index contributed by atoms with van der Waals surface area (Å²) in [7, 11) is 0. The van der Waals surface area contributed by atoms with Gasteiger partial charge in [-0.25, -0.2) is 4.98 Å². The van der Waals surface area contributed by atoms with Gasteiger partial charge in [0, 0.05) is 29.6 Å². The van der Waals surface area contributed by atoms with Crippen LogP contribution in [-0.4, -0.2) is 21.2 Å². The molecule has 1 aliphatic heterocycles. The molecule has 2 aromatic rings. The van der Waals surface area contributed by atoms with Crippen LogP contribution in [0.15, 0.2) is 34.2 Å². The van der Waals surface area contributed by atoms with Crippen LogP contribution in [0.2, 0.25) is 0 Å². The lowest BCUT2D eigenvalue weighted by molar-refractivity contribution is -0.116. The lowest BCUT2D eigenvalue weighted by Crippen LogP contribution is -2.27. The summed E-state index contributed by atoms with van der Waals surface area (Å²) in [6.07, 6.45) is 0.275. The number of anilines is 1. The van der Waals surface area contributed by atoms with E-state index in [1.807, 2.05) is 39.0 Å². The number of benzene rings is 1. The number of fused-ring (bicyclic) bond motifs is 1. The fourth-order valence-corrected chi connectivity index (χ4v) is 3.85. The zero-order chi connectivity index (χ0) is 16.6. The van der Waals surface area contributed by atoms with Gasteiger partial charge in [0.1, 0.15) is 0 Å². The zero-order valence-electron chi connectivity index (χ0n) is 13.4. The highest BCUT2D eigenvalue weighted by molar-refractivity contribution is 7.99. The number of carbonyl (C=O) groups is 1. The van der Waals surface area contributed by atoms with Gasteiger partial charge in [-0.2, -0.15) is 0 Å². The van der Waals surface area contributed by atoms with Gasteiger partial charge < -0.3 is 5.32 Å². The Labute approximate surface area is 139 Å². The van der Waals surface area contributed by atoms with Gasteiger partial charge in [0.2, 0.25) is 5.91 Å². The van der Waals surface area contributed by atoms with E-state index in [0.29, 0.717) is 16.6 Å². The molecule has 1 N–H and O–H groups in total. The average molecular weight is 329 g/mol. The molecule has 6 heteroatoms. The Morgan fingerprint density at radius 3 is 2.83 bits per heavy atom. The van der Waals surface area contributed by atoms with E-state index in [2.05, 4.69) is 10.3 Å². The zero-order valence-corrected chi connectivity index (χ0v) is 14.2. The summed E-state index contributed by atoms with van der Waals surface area (Å²) in [6, 6.07) is 7.23. The van der Waals surface area contributed by atoms with Crippen LogP contribution in [0.1, 0.15) is 29.3 Å². The number of thioether (sulfide) groups is 1. The van der Waals surface area contributed by atoms with Crippen molar-refractivity contribution >= 4 is 23.4 Å². The van der Waals surface area contributed by atoms with Gasteiger partial charge in [-0.3, -0.25) is 14.2 Å². The number of hydrogen-bond acceptors (Lipinski definition) is 4. The summed E-state index contributed by atoms with van der Waals surface area (Å²) in [6.45, 7) is 5.86. The smallest absolute Gasteiger partial charge is 0.254 e. The molecule has 2 heterocycles. The Morgan fingerprint density at radius 2 is 2.09 bits per heavy atom. The summed E-state index contributed by atoms with van der Waals surface area (Å²) >= 11 is 1.53. The summed E-state index contributed by atoms with van der Waals surface area (Å²) in [4.78, 5) is 28.8. The van der Waals surface area contributed by atoms with E-state index < -0.39 is 0 Å². The largest absolute Gasteiger partial charge is 0.326 e. The van der Waals surface area contributed by atoms with E-state index in [0.717, 1.165) is 11.3 Å². The molecule has 0 bridgehead atoms. The van der Waals surface area contributed by atoms with Crippen molar-refractivity contribution in [2.24, 2.45) is 0 Å². The highest BCUT2D eigenvalue weighted by atomic mass is 32.2. The van der Waals surface area contributed by atoms with Crippen LogP contribution >= 0.6 is 11.8 Å². The van der Waals surface area contributed by atoms with Crippen molar-refractivity contribution in [1.82, 2.24) is 9.55 Å². The molecule has 0 radical (unpaired) electrons. The van der Waals surface area contributed by atoms with Crippen molar-refractivity contribution in [2.45, 2.75) is 38.4 Å². The molecule has 1 aromatic heterocycles. The first-order chi connectivity index (χ1) is 10.9. The Hall–Kier alpha value is -2.08. The summed E-state index contributed by atoms with van der Waals surface area (Å²) in [5.74, 6) is 0.616. The Kier molecular flexibility index (Phi) is 4.26. The predicted molar refractivity (Wildman–Crippen MR) is 92.2 cm³/mol. The van der Waals surface area contributed by atoms with Gasteiger partial charge in [0.05, 0.1) is 6.04 Å². The van der Waals surface area contributed by atoms with Gasteiger partial charge in [0.15, 0.2) is 5.16 Å². The number of rotatable bonds is 3. The number of nitrogens with zero attached hydrogens (tertiary/aromatic N) is 2. The second-order valence-corrected chi connectivity index (χ2v) is 6.89. The van der Waals surface area contributed by atoms with Crippen LogP contribution in [0.4, 0.5) is 5.69 Å². The SMILES string of the molecule is Cc1cc(=O)n2c(n1)SCC2CC(=O)Nc1ccc(C)c(C)c1. The average Bonchev–Trinajstić information content (AvgIpc) is 2.85. The van der Waals surface area contributed by atoms with E-state index >= 15 is 0 Å². The second kappa shape index (κ2) is 6.20. The Bertz CT molecular complexity index is 829. The van der Waals surface area contributed by atoms with Crippen LogP contribution < -0.4 is 10.9 Å². The predicted octanol–water partition coefficient (Wildman–Crippen LogP) is 2.84. The maximum Gasteiger partial charge on any atom is 0.254 e. The molecule has 0 saturated carbocycles. The fraction of sp³-hybridized carbons (Fsp3) is 0.353. The third-order valence-corrected chi connectivity index (χ3v) is 5.13. The van der Waals surface area contributed by atoms with Gasteiger partial charge in [0.25, 0.3) is 5.56 Å². The van der Waals surface area contributed by atoms with E-state index in [4.69, 9.17) is 0 Å². The molecule has 1 aromatic carbocycles. The van der Waals surface area contributed by atoms with Crippen molar-refractivity contribution < 1.29 is 4.79 Å². The van der Waals surface area contributed by atoms with Crippen molar-refractivity contribution in [1.29, 1.82) is 0 Å². The highest BCUT2D eigenvalue weighted by Gasteiger charge is 2.27. The van der Waals surface area contributed by atoms with Crippen LogP contribution in [0, 0.1) is 20.8 Å². The molecule has 1 aliphatic rings. The summed E-state index contributed by atoms with van der Waals surface area (Å²) < 4.78 is 1.64. The molecule has 0 fully saturated rings. The number of amides is 1. The normalized spacial score (nSPS) is 16.2. The molecular formula is C17H19N3O2S. The molecule has 1 atom stereocenters. The molecule has 1 amide bonds. The quantitative estimate of drug-likeness (QED) is 0.880. The van der Waals surface area contributed by atoms with Crippen molar-refractivity contribution in [3.63, 3.8) is 0 Å². The molecule has 3 rings (SSSR count). The van der Waals surface area contributed by atoms with Crippen LogP contribution in [0.3, 0.4) is 0 Å². The highest BCUT2D eigenvalue weighted by Crippen LogP contribution is 2.32. The van der Waals surface area contributed by atoms with E-state index in [1.165, 1.54) is 23.4 Å². The standard InChI is InChI=1S/C17H19N3O2S/c1-10-4-5-13(6-11(10)2)19-15(21)8-14-9-23-17-18-12(3)7-16(22)20(14)17/h4-7,14H,8-9H2,1-3H3,(H,19,21). The minimum atomic E-state index is -0.137. The first-order valence-electron chi connectivity index (χ1n) is 7.54. The molecule has 0 spiro atoms. The number of hydrogen-bond donors (Lipinski definition) is 1. The van der Waals surface area contributed by atoms with Crippen LogP contribution in [0.5, 0.6) is 0 Å². The first-order valence-corrected chi connectivity index (χ1v) is 8.52. The lowest BCUT2D eigenvalue weighted by atomic mass is 10.1. The van der Waals surface area contributed by atoms with Crippen molar-refractivity contribution in [3.05, 3.63) is 51.4 Å². The lowest BCUT2D eigenvalue weighted by Gasteiger charge is -2.13. The van der Waals surface area contributed by atoms with Gasteiger partial charge in [-0.05, 0) is 44.0 Å². The van der Waals surface area contributed by atoms with E-state index in [9.17, 15) is 9.59 Å². The number of carbonyl (C=O) groups excluding carboxylic acids is 1. The molecule has 5 nitrogen and oxygen atoms in total.